The number of nitrogens with zero attached hydrogens (tertiary/aromatic N) is 1. The number of piperidine rings is 2. The molecule has 0 aromatic heterocycles. The molecular weight excluding hydrogens is 518 g/mol. The van der Waals surface area contributed by atoms with E-state index in [4.69, 9.17) is 0 Å². The van der Waals surface area contributed by atoms with E-state index in [-0.39, 0.29) is 18.0 Å². The topological polar surface area (TPSA) is 64.6 Å². The molecule has 7 rings (SSSR count). The van der Waals surface area contributed by atoms with E-state index < -0.39 is 11.6 Å². The number of hydrogen-bond donors (Lipinski definition) is 3. The standard InChI is InChI=1S/C37H53N3O2/c1-26(2)35(37(42,29-11-5-3-6-12-29)30-13-7-4-8-14-30)39-36(41)38-31-20-17-27(18-21-31)23-24-40-25-28-19-22-34(40)33-16-10-9-15-32(28)33/h3-8,11-14,26-28,31-35,42H,9-10,15-25H2,1-2H3,(H2,38,39,41)/t27?,28-,31?,32?,33?,34-,35+/m0/s1. The first-order chi connectivity index (χ1) is 20.4. The maximum absolute atomic E-state index is 13.4. The lowest BCUT2D eigenvalue weighted by Gasteiger charge is -2.56. The van der Waals surface area contributed by atoms with Crippen LogP contribution in [0.5, 0.6) is 0 Å². The molecule has 5 aliphatic rings. The lowest BCUT2D eigenvalue weighted by atomic mass is 9.60. The molecule has 3 N–H and O–H groups in total. The summed E-state index contributed by atoms with van der Waals surface area (Å²) in [5, 5.41) is 18.8. The van der Waals surface area contributed by atoms with Gasteiger partial charge in [-0.3, -0.25) is 4.90 Å². The van der Waals surface area contributed by atoms with Crippen molar-refractivity contribution in [2.45, 2.75) is 108 Å². The summed E-state index contributed by atoms with van der Waals surface area (Å²) in [6, 6.07) is 19.9. The van der Waals surface area contributed by atoms with Crippen LogP contribution in [0, 0.1) is 29.6 Å². The monoisotopic (exact) mass is 571 g/mol. The number of hydrogen-bond acceptors (Lipinski definition) is 3. The van der Waals surface area contributed by atoms with Crippen molar-refractivity contribution < 1.29 is 9.90 Å². The second-order valence-electron chi connectivity index (χ2n) is 14.4. The third kappa shape index (κ3) is 6.15. The van der Waals surface area contributed by atoms with Gasteiger partial charge >= 0.3 is 6.03 Å². The molecule has 2 unspecified atom stereocenters. The number of nitrogens with one attached hydrogen (secondary N) is 2. The summed E-state index contributed by atoms with van der Waals surface area (Å²) in [4.78, 5) is 16.3. The molecule has 2 bridgehead atoms. The highest BCUT2D eigenvalue weighted by molar-refractivity contribution is 5.75. The molecule has 5 fully saturated rings. The highest BCUT2D eigenvalue weighted by atomic mass is 16.3. The Hall–Kier alpha value is -2.37. The van der Waals surface area contributed by atoms with Crippen molar-refractivity contribution in [3.8, 4) is 0 Å². The molecule has 42 heavy (non-hydrogen) atoms. The first-order valence-electron chi connectivity index (χ1n) is 17.1. The molecule has 3 saturated carbocycles. The summed E-state index contributed by atoms with van der Waals surface area (Å²) >= 11 is 0. The van der Waals surface area contributed by atoms with Crippen LogP contribution in [0.4, 0.5) is 4.79 Å². The second-order valence-corrected chi connectivity index (χ2v) is 14.4. The van der Waals surface area contributed by atoms with Crippen molar-refractivity contribution in [1.82, 2.24) is 15.5 Å². The summed E-state index contributed by atoms with van der Waals surface area (Å²) in [5.41, 5.74) is 0.241. The Bertz CT molecular complexity index is 1110. The number of fused-ring (bicyclic) bond motifs is 2. The van der Waals surface area contributed by atoms with Crippen molar-refractivity contribution in [3.63, 3.8) is 0 Å². The van der Waals surface area contributed by atoms with E-state index in [2.05, 4.69) is 29.4 Å². The van der Waals surface area contributed by atoms with Gasteiger partial charge < -0.3 is 15.7 Å². The Morgan fingerprint density at radius 2 is 1.48 bits per heavy atom. The molecular formula is C37H53N3O2. The summed E-state index contributed by atoms with van der Waals surface area (Å²) in [7, 11) is 0. The Kier molecular flexibility index (Phi) is 9.26. The van der Waals surface area contributed by atoms with E-state index in [9.17, 15) is 9.90 Å². The zero-order valence-electron chi connectivity index (χ0n) is 25.9. The van der Waals surface area contributed by atoms with Crippen LogP contribution in [0.2, 0.25) is 0 Å². The predicted molar refractivity (Wildman–Crippen MR) is 170 cm³/mol. The van der Waals surface area contributed by atoms with Gasteiger partial charge in [-0.15, -0.1) is 0 Å². The van der Waals surface area contributed by atoms with E-state index in [1.807, 2.05) is 60.7 Å². The number of benzene rings is 2. The van der Waals surface area contributed by atoms with Crippen LogP contribution in [0.25, 0.3) is 0 Å². The quantitative estimate of drug-likeness (QED) is 0.301. The SMILES string of the molecule is CC(C)[C@@H](NC(=O)NC1CCC(CCN2C[C@@H]3CC[C@H]2C2CCCCC23)CC1)C(O)(c1ccccc1)c1ccccc1. The van der Waals surface area contributed by atoms with Gasteiger partial charge in [0.15, 0.2) is 0 Å². The Balaban J connectivity index is 1.02. The smallest absolute Gasteiger partial charge is 0.315 e. The van der Waals surface area contributed by atoms with Gasteiger partial charge in [-0.2, -0.15) is 0 Å². The average Bonchev–Trinajstić information content (AvgIpc) is 3.04. The Morgan fingerprint density at radius 1 is 0.857 bits per heavy atom. The molecule has 2 aliphatic heterocycles. The fourth-order valence-corrected chi connectivity index (χ4v) is 9.41. The zero-order valence-corrected chi connectivity index (χ0v) is 25.9. The van der Waals surface area contributed by atoms with Crippen molar-refractivity contribution in [1.29, 1.82) is 0 Å². The zero-order chi connectivity index (χ0) is 29.1. The highest BCUT2D eigenvalue weighted by Crippen LogP contribution is 2.50. The van der Waals surface area contributed by atoms with E-state index in [1.54, 1.807) is 0 Å². The van der Waals surface area contributed by atoms with Gasteiger partial charge in [0, 0.05) is 18.6 Å². The van der Waals surface area contributed by atoms with Crippen LogP contribution in [-0.4, -0.2) is 47.3 Å². The van der Waals surface area contributed by atoms with Gasteiger partial charge in [-0.25, -0.2) is 4.79 Å². The molecule has 2 aromatic rings. The maximum Gasteiger partial charge on any atom is 0.315 e. The average molecular weight is 572 g/mol. The van der Waals surface area contributed by atoms with E-state index >= 15 is 0 Å². The lowest BCUT2D eigenvalue weighted by Crippen LogP contribution is -2.58. The lowest BCUT2D eigenvalue weighted by molar-refractivity contribution is -0.0675. The second kappa shape index (κ2) is 13.1. The molecule has 5 atom stereocenters. The molecule has 5 heteroatoms. The molecule has 0 radical (unpaired) electrons. The molecule has 228 valence electrons. The van der Waals surface area contributed by atoms with E-state index in [1.165, 1.54) is 70.9 Å². The van der Waals surface area contributed by atoms with Crippen LogP contribution in [0.3, 0.4) is 0 Å². The van der Waals surface area contributed by atoms with Gasteiger partial charge in [-0.1, -0.05) is 87.4 Å². The largest absolute Gasteiger partial charge is 0.378 e. The first-order valence-corrected chi connectivity index (χ1v) is 17.1. The number of aliphatic hydroxyl groups is 1. The van der Waals surface area contributed by atoms with Crippen LogP contribution in [-0.2, 0) is 5.60 Å². The third-order valence-corrected chi connectivity index (χ3v) is 11.6. The molecule has 3 aliphatic carbocycles. The number of rotatable bonds is 9. The Morgan fingerprint density at radius 3 is 2.10 bits per heavy atom. The number of carbonyl (C=O) groups is 1. The van der Waals surface area contributed by atoms with Crippen molar-refractivity contribution in [2.24, 2.45) is 29.6 Å². The summed E-state index contributed by atoms with van der Waals surface area (Å²) in [6.07, 6.45) is 14.6. The fourth-order valence-electron chi connectivity index (χ4n) is 9.41. The minimum atomic E-state index is -1.34. The van der Waals surface area contributed by atoms with Gasteiger partial charge in [0.1, 0.15) is 5.60 Å². The van der Waals surface area contributed by atoms with Crippen LogP contribution >= 0.6 is 0 Å². The van der Waals surface area contributed by atoms with Crippen molar-refractivity contribution >= 4 is 6.03 Å². The molecule has 2 saturated heterocycles. The van der Waals surface area contributed by atoms with E-state index in [0.29, 0.717) is 0 Å². The molecule has 2 aromatic carbocycles. The molecule has 2 heterocycles. The van der Waals surface area contributed by atoms with Gasteiger partial charge in [0.25, 0.3) is 0 Å². The van der Waals surface area contributed by atoms with Crippen LogP contribution < -0.4 is 10.6 Å². The minimum Gasteiger partial charge on any atom is -0.378 e. The molecule has 2 amide bonds. The third-order valence-electron chi connectivity index (χ3n) is 11.6. The fraction of sp³-hybridized carbons (Fsp3) is 0.649. The summed E-state index contributed by atoms with van der Waals surface area (Å²) in [6.45, 7) is 6.77. The van der Waals surface area contributed by atoms with Gasteiger partial charge in [0.05, 0.1) is 6.04 Å². The molecule has 0 spiro atoms. The summed E-state index contributed by atoms with van der Waals surface area (Å²) in [5.74, 6) is 3.79. The predicted octanol–water partition coefficient (Wildman–Crippen LogP) is 7.10. The molecule has 5 nitrogen and oxygen atoms in total. The van der Waals surface area contributed by atoms with E-state index in [0.717, 1.165) is 53.7 Å². The highest BCUT2D eigenvalue weighted by Gasteiger charge is 2.48. The van der Waals surface area contributed by atoms with Gasteiger partial charge in [-0.05, 0) is 105 Å². The maximum atomic E-state index is 13.4. The Labute approximate surface area is 253 Å². The van der Waals surface area contributed by atoms with Crippen molar-refractivity contribution in [3.05, 3.63) is 71.8 Å². The van der Waals surface area contributed by atoms with Gasteiger partial charge in [0.2, 0.25) is 0 Å². The minimum absolute atomic E-state index is 0.0193. The van der Waals surface area contributed by atoms with Crippen molar-refractivity contribution in [2.75, 3.05) is 13.1 Å². The summed E-state index contributed by atoms with van der Waals surface area (Å²) < 4.78 is 0. The number of amides is 2. The number of carbonyl (C=O) groups excluding carboxylic acids is 1. The normalized spacial score (nSPS) is 30.5. The van der Waals surface area contributed by atoms with Crippen LogP contribution in [0.15, 0.2) is 60.7 Å². The number of urea groups is 1. The first kappa shape index (κ1) is 29.7. The van der Waals surface area contributed by atoms with Crippen LogP contribution in [0.1, 0.15) is 95.6 Å².